The predicted molar refractivity (Wildman–Crippen MR) is 58.6 cm³/mol. The molecular weight excluding hydrogens is 322 g/mol. The molecule has 0 spiro atoms. The molecule has 0 saturated carbocycles. The van der Waals surface area contributed by atoms with Crippen LogP contribution in [-0.4, -0.2) is 5.78 Å². The summed E-state index contributed by atoms with van der Waals surface area (Å²) in [5.74, 6) is -0.469. The average molecular weight is 329 g/mol. The molecule has 0 aliphatic carbocycles. The van der Waals surface area contributed by atoms with Crippen molar-refractivity contribution in [3.8, 4) is 0 Å². The Bertz CT molecular complexity index is 415. The third kappa shape index (κ3) is 2.42. The molecule has 2 N–H and O–H groups in total. The van der Waals surface area contributed by atoms with Gasteiger partial charge in [-0.15, -0.1) is 0 Å². The molecule has 0 saturated heterocycles. The van der Waals surface area contributed by atoms with Crippen LogP contribution in [0, 0.1) is 3.57 Å². The van der Waals surface area contributed by atoms with Crippen molar-refractivity contribution in [1.29, 1.82) is 0 Å². The average Bonchev–Trinajstić information content (AvgIpc) is 2.00. The number of benzene rings is 1. The van der Waals surface area contributed by atoms with Gasteiger partial charge in [0.05, 0.1) is 16.8 Å². The highest BCUT2D eigenvalue weighted by molar-refractivity contribution is 14.1. The highest BCUT2D eigenvalue weighted by Crippen LogP contribution is 2.36. The lowest BCUT2D eigenvalue weighted by Gasteiger charge is -2.13. The molecule has 82 valence electrons. The number of ketones is 1. The highest BCUT2D eigenvalue weighted by atomic mass is 127. The molecule has 1 rings (SSSR count). The summed E-state index contributed by atoms with van der Waals surface area (Å²) in [5.41, 5.74) is 3.80. The van der Waals surface area contributed by atoms with Crippen molar-refractivity contribution >= 4 is 34.1 Å². The van der Waals surface area contributed by atoms with Crippen LogP contribution in [0.3, 0.4) is 0 Å². The first kappa shape index (κ1) is 12.3. The van der Waals surface area contributed by atoms with Gasteiger partial charge in [-0.1, -0.05) is 0 Å². The molecule has 1 aromatic carbocycles. The summed E-state index contributed by atoms with van der Waals surface area (Å²) in [6.45, 7) is 1.19. The molecule has 0 aromatic heterocycles. The van der Waals surface area contributed by atoms with E-state index in [1.165, 1.54) is 13.0 Å². The fourth-order valence-electron chi connectivity index (χ4n) is 1.20. The van der Waals surface area contributed by atoms with Crippen molar-refractivity contribution in [3.05, 3.63) is 26.8 Å². The predicted octanol–water partition coefficient (Wildman–Crippen LogP) is 3.09. The summed E-state index contributed by atoms with van der Waals surface area (Å²) in [4.78, 5) is 11.1. The van der Waals surface area contributed by atoms with Crippen LogP contribution in [0.5, 0.6) is 0 Å². The van der Waals surface area contributed by atoms with Crippen LogP contribution in [0.15, 0.2) is 12.1 Å². The minimum atomic E-state index is -4.53. The Labute approximate surface area is 97.8 Å². The smallest absolute Gasteiger partial charge is 0.398 e. The Kier molecular flexibility index (Phi) is 3.27. The van der Waals surface area contributed by atoms with Crippen molar-refractivity contribution in [2.75, 3.05) is 5.73 Å². The lowest BCUT2D eigenvalue weighted by atomic mass is 10.0. The molecule has 0 bridgehead atoms. The largest absolute Gasteiger partial charge is 0.418 e. The normalized spacial score (nSPS) is 11.5. The van der Waals surface area contributed by atoms with E-state index in [9.17, 15) is 18.0 Å². The van der Waals surface area contributed by atoms with E-state index in [1.54, 1.807) is 22.6 Å². The van der Waals surface area contributed by atoms with Gasteiger partial charge < -0.3 is 5.73 Å². The summed E-state index contributed by atoms with van der Waals surface area (Å²) >= 11 is 1.78. The zero-order chi connectivity index (χ0) is 11.8. The second-order valence-electron chi connectivity index (χ2n) is 2.94. The van der Waals surface area contributed by atoms with Crippen LogP contribution < -0.4 is 5.73 Å². The fraction of sp³-hybridized carbons (Fsp3) is 0.222. The molecule has 0 unspecified atom stereocenters. The number of rotatable bonds is 1. The van der Waals surface area contributed by atoms with Gasteiger partial charge in [0, 0.05) is 3.57 Å². The van der Waals surface area contributed by atoms with Gasteiger partial charge >= 0.3 is 6.18 Å². The van der Waals surface area contributed by atoms with Gasteiger partial charge in [0.1, 0.15) is 0 Å². The Morgan fingerprint density at radius 3 is 2.33 bits per heavy atom. The number of carbonyl (C=O) groups is 1. The molecule has 0 radical (unpaired) electrons. The van der Waals surface area contributed by atoms with Crippen LogP contribution in [0.25, 0.3) is 0 Å². The fourth-order valence-corrected chi connectivity index (χ4v) is 2.05. The maximum absolute atomic E-state index is 12.4. The Hall–Kier alpha value is -0.790. The first-order valence-corrected chi connectivity index (χ1v) is 4.99. The summed E-state index contributed by atoms with van der Waals surface area (Å²) in [6, 6.07) is 2.11. The summed E-state index contributed by atoms with van der Waals surface area (Å²) in [6.07, 6.45) is -4.53. The molecule has 0 atom stereocenters. The van der Waals surface area contributed by atoms with Crippen LogP contribution in [0.2, 0.25) is 0 Å². The number of carbonyl (C=O) groups excluding carboxylic acids is 1. The first-order valence-electron chi connectivity index (χ1n) is 3.91. The van der Waals surface area contributed by atoms with Crippen LogP contribution in [0.4, 0.5) is 18.9 Å². The van der Waals surface area contributed by atoms with Crippen LogP contribution >= 0.6 is 22.6 Å². The number of hydrogen-bond acceptors (Lipinski definition) is 2. The molecule has 2 nitrogen and oxygen atoms in total. The van der Waals surface area contributed by atoms with E-state index < -0.39 is 23.2 Å². The summed E-state index contributed by atoms with van der Waals surface area (Å²) in [7, 11) is 0. The number of halogens is 4. The van der Waals surface area contributed by atoms with Gasteiger partial charge in [-0.3, -0.25) is 4.79 Å². The lowest BCUT2D eigenvalue weighted by molar-refractivity contribution is -0.136. The number of anilines is 1. The van der Waals surface area contributed by atoms with Gasteiger partial charge in [-0.05, 0) is 41.6 Å². The van der Waals surface area contributed by atoms with Gasteiger partial charge in [0.2, 0.25) is 0 Å². The highest BCUT2D eigenvalue weighted by Gasteiger charge is 2.34. The number of hydrogen-bond donors (Lipinski definition) is 1. The van der Waals surface area contributed by atoms with Crippen molar-refractivity contribution in [1.82, 2.24) is 0 Å². The number of nitrogen functional groups attached to an aromatic ring is 1. The van der Waals surface area contributed by atoms with Crippen molar-refractivity contribution in [2.24, 2.45) is 0 Å². The molecule has 0 heterocycles. The van der Waals surface area contributed by atoms with Crippen molar-refractivity contribution in [3.63, 3.8) is 0 Å². The van der Waals surface area contributed by atoms with E-state index in [-0.39, 0.29) is 5.56 Å². The second kappa shape index (κ2) is 3.99. The Balaban J connectivity index is 3.49. The van der Waals surface area contributed by atoms with Gasteiger partial charge in [-0.25, -0.2) is 0 Å². The number of Topliss-reactive ketones (excluding diaryl/α,β-unsaturated/α-hetero) is 1. The topological polar surface area (TPSA) is 43.1 Å². The quantitative estimate of drug-likeness (QED) is 0.489. The minimum absolute atomic E-state index is 0.0644. The zero-order valence-electron chi connectivity index (χ0n) is 7.65. The van der Waals surface area contributed by atoms with Gasteiger partial charge in [-0.2, -0.15) is 13.2 Å². The monoisotopic (exact) mass is 329 g/mol. The first-order chi connectivity index (χ1) is 6.75. The third-order valence-electron chi connectivity index (χ3n) is 1.85. The molecular formula is C9H7F3INO. The zero-order valence-corrected chi connectivity index (χ0v) is 9.81. The van der Waals surface area contributed by atoms with Crippen molar-refractivity contribution in [2.45, 2.75) is 13.1 Å². The maximum Gasteiger partial charge on any atom is 0.418 e. The molecule has 0 fully saturated rings. The molecule has 1 aromatic rings. The lowest BCUT2D eigenvalue weighted by Crippen LogP contribution is -2.13. The van der Waals surface area contributed by atoms with E-state index in [4.69, 9.17) is 5.73 Å². The number of alkyl halides is 3. The SMILES string of the molecule is CC(=O)c1c(I)ccc(C(F)(F)F)c1N. The second-order valence-corrected chi connectivity index (χ2v) is 4.10. The van der Waals surface area contributed by atoms with Crippen LogP contribution in [-0.2, 0) is 6.18 Å². The van der Waals surface area contributed by atoms with E-state index >= 15 is 0 Å². The molecule has 0 amide bonds. The molecule has 6 heteroatoms. The van der Waals surface area contributed by atoms with E-state index in [2.05, 4.69) is 0 Å². The Morgan fingerprint density at radius 2 is 1.93 bits per heavy atom. The van der Waals surface area contributed by atoms with E-state index in [1.807, 2.05) is 0 Å². The van der Waals surface area contributed by atoms with Crippen molar-refractivity contribution < 1.29 is 18.0 Å². The molecule has 0 aliphatic rings. The maximum atomic E-state index is 12.4. The standard InChI is InChI=1S/C9H7F3INO/c1-4(15)7-6(13)3-2-5(8(7)14)9(10,11)12/h2-3H,14H2,1H3. The Morgan fingerprint density at radius 1 is 1.40 bits per heavy atom. The summed E-state index contributed by atoms with van der Waals surface area (Å²) < 4.78 is 37.7. The minimum Gasteiger partial charge on any atom is -0.398 e. The van der Waals surface area contributed by atoms with E-state index in [0.717, 1.165) is 6.07 Å². The number of nitrogens with two attached hydrogens (primary N) is 1. The molecule has 15 heavy (non-hydrogen) atoms. The van der Waals surface area contributed by atoms with Crippen LogP contribution in [0.1, 0.15) is 22.8 Å². The van der Waals surface area contributed by atoms with E-state index in [0.29, 0.717) is 3.57 Å². The molecule has 0 aliphatic heterocycles. The third-order valence-corrected chi connectivity index (χ3v) is 2.75. The van der Waals surface area contributed by atoms with Gasteiger partial charge in [0.25, 0.3) is 0 Å². The summed E-state index contributed by atoms with van der Waals surface area (Å²) in [5, 5.41) is 0. The van der Waals surface area contributed by atoms with Gasteiger partial charge in [0.15, 0.2) is 5.78 Å².